The molecule has 20 heavy (non-hydrogen) atoms. The Morgan fingerprint density at radius 2 is 2.05 bits per heavy atom. The monoisotopic (exact) mass is 290 g/mol. The Morgan fingerprint density at radius 3 is 2.65 bits per heavy atom. The van der Waals surface area contributed by atoms with E-state index >= 15 is 0 Å². The molecule has 1 aliphatic heterocycles. The van der Waals surface area contributed by atoms with Crippen LogP contribution >= 0.6 is 0 Å². The lowest BCUT2D eigenvalue weighted by molar-refractivity contribution is -0.184. The van der Waals surface area contributed by atoms with Crippen molar-refractivity contribution in [2.75, 3.05) is 18.8 Å². The van der Waals surface area contributed by atoms with Gasteiger partial charge in [-0.2, -0.15) is 13.2 Å². The number of nitrogens with zero attached hydrogens (tertiary/aromatic N) is 1. The highest BCUT2D eigenvalue weighted by Gasteiger charge is 2.42. The first-order chi connectivity index (χ1) is 9.29. The van der Waals surface area contributed by atoms with Crippen molar-refractivity contribution < 1.29 is 22.4 Å². The minimum atomic E-state index is -4.31. The third kappa shape index (κ3) is 3.02. The first kappa shape index (κ1) is 14.6. The fraction of sp³-hybridized carbons (Fsp3) is 0.462. The molecule has 1 saturated heterocycles. The molecule has 0 bridgehead atoms. The molecule has 0 aromatic heterocycles. The van der Waals surface area contributed by atoms with Gasteiger partial charge >= 0.3 is 6.18 Å². The van der Waals surface area contributed by atoms with E-state index in [1.165, 1.54) is 12.1 Å². The van der Waals surface area contributed by atoms with E-state index in [0.717, 1.165) is 11.0 Å². The van der Waals surface area contributed by atoms with Gasteiger partial charge in [0, 0.05) is 18.7 Å². The SMILES string of the molecule is Nc1ccc(C(=O)N2CCCC(C(F)(F)F)C2)cc1F. The van der Waals surface area contributed by atoms with Crippen LogP contribution in [-0.2, 0) is 0 Å². The number of nitrogens with two attached hydrogens (primary N) is 1. The lowest BCUT2D eigenvalue weighted by atomic mass is 9.97. The van der Waals surface area contributed by atoms with Crippen molar-refractivity contribution in [2.45, 2.75) is 19.0 Å². The molecule has 1 atom stereocenters. The van der Waals surface area contributed by atoms with Gasteiger partial charge in [-0.3, -0.25) is 4.79 Å². The third-order valence-electron chi connectivity index (χ3n) is 3.42. The summed E-state index contributed by atoms with van der Waals surface area (Å²) in [4.78, 5) is 13.2. The number of benzene rings is 1. The van der Waals surface area contributed by atoms with Crippen molar-refractivity contribution in [2.24, 2.45) is 5.92 Å². The highest BCUT2D eigenvalue weighted by atomic mass is 19.4. The summed E-state index contributed by atoms with van der Waals surface area (Å²) in [6.07, 6.45) is -4.01. The Morgan fingerprint density at radius 1 is 1.35 bits per heavy atom. The summed E-state index contributed by atoms with van der Waals surface area (Å²) in [7, 11) is 0. The van der Waals surface area contributed by atoms with Crippen LogP contribution in [0.1, 0.15) is 23.2 Å². The molecule has 1 fully saturated rings. The van der Waals surface area contributed by atoms with Crippen molar-refractivity contribution in [3.05, 3.63) is 29.6 Å². The molecule has 1 unspecified atom stereocenters. The predicted octanol–water partition coefficient (Wildman–Crippen LogP) is 2.82. The van der Waals surface area contributed by atoms with Gasteiger partial charge in [-0.05, 0) is 31.0 Å². The second-order valence-corrected chi connectivity index (χ2v) is 4.87. The highest BCUT2D eigenvalue weighted by molar-refractivity contribution is 5.94. The van der Waals surface area contributed by atoms with E-state index in [1.807, 2.05) is 0 Å². The topological polar surface area (TPSA) is 46.3 Å². The average molecular weight is 290 g/mol. The van der Waals surface area contributed by atoms with Crippen LogP contribution in [0.5, 0.6) is 0 Å². The molecule has 0 radical (unpaired) electrons. The number of likely N-dealkylation sites (tertiary alicyclic amines) is 1. The number of anilines is 1. The molecule has 110 valence electrons. The molecule has 0 aliphatic carbocycles. The second-order valence-electron chi connectivity index (χ2n) is 4.87. The minimum Gasteiger partial charge on any atom is -0.396 e. The molecule has 0 saturated carbocycles. The van der Waals surface area contributed by atoms with Crippen molar-refractivity contribution in [3.8, 4) is 0 Å². The maximum Gasteiger partial charge on any atom is 0.393 e. The molecule has 1 aromatic carbocycles. The number of nitrogen functional groups attached to an aromatic ring is 1. The zero-order chi connectivity index (χ0) is 14.9. The van der Waals surface area contributed by atoms with Crippen molar-refractivity contribution in [1.29, 1.82) is 0 Å². The standard InChI is InChI=1S/C13H14F4N2O/c14-10-6-8(3-4-11(10)18)12(20)19-5-1-2-9(7-19)13(15,16)17/h3-4,6,9H,1-2,5,7,18H2. The summed E-state index contributed by atoms with van der Waals surface area (Å²) in [5, 5.41) is 0. The number of carbonyl (C=O) groups is 1. The smallest absolute Gasteiger partial charge is 0.393 e. The van der Waals surface area contributed by atoms with E-state index in [0.29, 0.717) is 0 Å². The molecular formula is C13H14F4N2O. The summed E-state index contributed by atoms with van der Waals surface area (Å²) in [5.74, 6) is -2.86. The van der Waals surface area contributed by atoms with Gasteiger partial charge in [0.2, 0.25) is 0 Å². The molecule has 1 heterocycles. The van der Waals surface area contributed by atoms with E-state index in [9.17, 15) is 22.4 Å². The maximum absolute atomic E-state index is 13.3. The lowest BCUT2D eigenvalue weighted by Crippen LogP contribution is -2.44. The summed E-state index contributed by atoms with van der Waals surface area (Å²) >= 11 is 0. The van der Waals surface area contributed by atoms with Crippen LogP contribution in [0.25, 0.3) is 0 Å². The van der Waals surface area contributed by atoms with Crippen LogP contribution in [0.3, 0.4) is 0 Å². The van der Waals surface area contributed by atoms with Gasteiger partial charge in [-0.1, -0.05) is 0 Å². The Kier molecular flexibility index (Phi) is 3.87. The molecule has 7 heteroatoms. The van der Waals surface area contributed by atoms with Crippen LogP contribution in [-0.4, -0.2) is 30.1 Å². The quantitative estimate of drug-likeness (QED) is 0.638. The van der Waals surface area contributed by atoms with Gasteiger partial charge in [0.25, 0.3) is 5.91 Å². The average Bonchev–Trinajstić information content (AvgIpc) is 2.40. The fourth-order valence-electron chi connectivity index (χ4n) is 2.27. The molecule has 1 amide bonds. The van der Waals surface area contributed by atoms with Gasteiger partial charge < -0.3 is 10.6 Å². The largest absolute Gasteiger partial charge is 0.396 e. The van der Waals surface area contributed by atoms with Crippen LogP contribution in [0, 0.1) is 11.7 Å². The van der Waals surface area contributed by atoms with Crippen LogP contribution in [0.4, 0.5) is 23.2 Å². The number of rotatable bonds is 1. The van der Waals surface area contributed by atoms with Crippen molar-refractivity contribution in [3.63, 3.8) is 0 Å². The molecule has 3 nitrogen and oxygen atoms in total. The van der Waals surface area contributed by atoms with Gasteiger partial charge in [-0.15, -0.1) is 0 Å². The minimum absolute atomic E-state index is 0.0134. The van der Waals surface area contributed by atoms with Crippen LogP contribution in [0.15, 0.2) is 18.2 Å². The summed E-state index contributed by atoms with van der Waals surface area (Å²) in [5.41, 5.74) is 5.21. The van der Waals surface area contributed by atoms with Crippen LogP contribution in [0.2, 0.25) is 0 Å². The molecule has 1 aliphatic rings. The fourth-order valence-corrected chi connectivity index (χ4v) is 2.27. The summed E-state index contributed by atoms with van der Waals surface area (Å²) in [6.45, 7) is -0.133. The molecule has 2 N–H and O–H groups in total. The van der Waals surface area contributed by atoms with Gasteiger partial charge in [0.05, 0.1) is 11.6 Å². The number of alkyl halides is 3. The normalized spacial score (nSPS) is 20.0. The number of carbonyl (C=O) groups excluding carboxylic acids is 1. The number of hydrogen-bond donors (Lipinski definition) is 1. The summed E-state index contributed by atoms with van der Waals surface area (Å²) < 4.78 is 51.3. The number of halogens is 4. The Bertz CT molecular complexity index is 516. The Labute approximate surface area is 113 Å². The maximum atomic E-state index is 13.3. The zero-order valence-corrected chi connectivity index (χ0v) is 10.6. The predicted molar refractivity (Wildman–Crippen MR) is 65.5 cm³/mol. The second kappa shape index (κ2) is 5.30. The van der Waals surface area contributed by atoms with Gasteiger partial charge in [0.15, 0.2) is 0 Å². The van der Waals surface area contributed by atoms with Gasteiger partial charge in [0.1, 0.15) is 5.82 Å². The molecule has 0 spiro atoms. The zero-order valence-electron chi connectivity index (χ0n) is 10.6. The summed E-state index contributed by atoms with van der Waals surface area (Å²) in [6, 6.07) is 3.50. The Balaban J connectivity index is 2.14. The molecule has 1 aromatic rings. The van der Waals surface area contributed by atoms with E-state index < -0.39 is 23.8 Å². The first-order valence-corrected chi connectivity index (χ1v) is 6.20. The lowest BCUT2D eigenvalue weighted by Gasteiger charge is -2.33. The van der Waals surface area contributed by atoms with E-state index in [1.54, 1.807) is 0 Å². The Hall–Kier alpha value is -1.79. The van der Waals surface area contributed by atoms with Gasteiger partial charge in [-0.25, -0.2) is 4.39 Å². The number of hydrogen-bond acceptors (Lipinski definition) is 2. The van der Waals surface area contributed by atoms with Crippen LogP contribution < -0.4 is 5.73 Å². The van der Waals surface area contributed by atoms with Crippen molar-refractivity contribution in [1.82, 2.24) is 4.90 Å². The third-order valence-corrected chi connectivity index (χ3v) is 3.42. The highest BCUT2D eigenvalue weighted by Crippen LogP contribution is 2.33. The van der Waals surface area contributed by atoms with E-state index in [2.05, 4.69) is 0 Å². The van der Waals surface area contributed by atoms with E-state index in [-0.39, 0.29) is 37.2 Å². The number of amides is 1. The van der Waals surface area contributed by atoms with E-state index in [4.69, 9.17) is 5.73 Å². The molecule has 2 rings (SSSR count). The molecular weight excluding hydrogens is 276 g/mol. The first-order valence-electron chi connectivity index (χ1n) is 6.20. The van der Waals surface area contributed by atoms with Crippen molar-refractivity contribution >= 4 is 11.6 Å². The number of piperidine rings is 1.